The summed E-state index contributed by atoms with van der Waals surface area (Å²) in [5.41, 5.74) is -0.769. The topological polar surface area (TPSA) is 110 Å². The Hall–Kier alpha value is -4.32. The Labute approximate surface area is 201 Å². The third-order valence-corrected chi connectivity index (χ3v) is 5.04. The summed E-state index contributed by atoms with van der Waals surface area (Å²) in [6.07, 6.45) is -1.46. The fourth-order valence-electron chi connectivity index (χ4n) is 3.17. The third-order valence-electron chi connectivity index (χ3n) is 4.76. The van der Waals surface area contributed by atoms with Gasteiger partial charge in [0.15, 0.2) is 5.82 Å². The van der Waals surface area contributed by atoms with Crippen LogP contribution in [0.3, 0.4) is 0 Å². The summed E-state index contributed by atoms with van der Waals surface area (Å²) >= 11 is 5.96. The summed E-state index contributed by atoms with van der Waals surface area (Å²) in [4.78, 5) is 29.0. The van der Waals surface area contributed by atoms with Crippen LogP contribution < -0.4 is 10.2 Å². The molecular weight excluding hydrogens is 487 g/mol. The summed E-state index contributed by atoms with van der Waals surface area (Å²) in [5, 5.41) is 14.3. The van der Waals surface area contributed by atoms with E-state index in [1.54, 1.807) is 18.2 Å². The van der Waals surface area contributed by atoms with Gasteiger partial charge < -0.3 is 10.2 Å². The van der Waals surface area contributed by atoms with Crippen LogP contribution in [0.25, 0.3) is 0 Å². The SMILES string of the molecule is O=[N+]([O-])c1c(Nc2ncc(C(F)(F)F)cc2Cl)ncnc1N(Cc1ccccc1)c1ccccn1. The van der Waals surface area contributed by atoms with Crippen molar-refractivity contribution >= 4 is 40.6 Å². The van der Waals surface area contributed by atoms with Crippen molar-refractivity contribution < 1.29 is 18.1 Å². The van der Waals surface area contributed by atoms with Crippen molar-refractivity contribution in [2.24, 2.45) is 0 Å². The van der Waals surface area contributed by atoms with E-state index in [4.69, 9.17) is 11.6 Å². The van der Waals surface area contributed by atoms with Gasteiger partial charge in [-0.25, -0.2) is 19.9 Å². The predicted octanol–water partition coefficient (Wildman–Crippen LogP) is 5.93. The van der Waals surface area contributed by atoms with E-state index in [1.165, 1.54) is 11.1 Å². The fraction of sp³-hybridized carbons (Fsp3) is 0.0909. The third kappa shape index (κ3) is 5.44. The standard InChI is InChI=1S/C22H15ClF3N7O2/c23-16-10-15(22(24,25)26)11-28-19(16)31-20-18(33(34)35)21(30-13-29-20)32(17-8-4-5-9-27-17)12-14-6-2-1-3-7-14/h1-11,13H,12H2,(H,28,29,30,31). The molecule has 0 atom stereocenters. The van der Waals surface area contributed by atoms with Gasteiger partial charge >= 0.3 is 11.9 Å². The van der Waals surface area contributed by atoms with E-state index in [9.17, 15) is 23.3 Å². The molecule has 0 fully saturated rings. The van der Waals surface area contributed by atoms with E-state index in [1.807, 2.05) is 30.3 Å². The van der Waals surface area contributed by atoms with E-state index < -0.39 is 22.4 Å². The smallest absolute Gasteiger partial charge is 0.318 e. The number of pyridine rings is 2. The molecule has 0 aliphatic carbocycles. The molecule has 1 aromatic carbocycles. The van der Waals surface area contributed by atoms with Gasteiger partial charge in [-0.05, 0) is 23.8 Å². The lowest BCUT2D eigenvalue weighted by molar-refractivity contribution is -0.383. The van der Waals surface area contributed by atoms with Gasteiger partial charge in [-0.15, -0.1) is 0 Å². The van der Waals surface area contributed by atoms with Gasteiger partial charge in [0, 0.05) is 12.4 Å². The Balaban J connectivity index is 1.79. The number of nitro groups is 1. The lowest BCUT2D eigenvalue weighted by atomic mass is 10.2. The highest BCUT2D eigenvalue weighted by Gasteiger charge is 2.33. The van der Waals surface area contributed by atoms with Crippen LogP contribution in [-0.2, 0) is 12.7 Å². The Morgan fingerprint density at radius 2 is 1.74 bits per heavy atom. The van der Waals surface area contributed by atoms with Crippen LogP contribution in [0.15, 0.2) is 73.3 Å². The molecule has 178 valence electrons. The summed E-state index contributed by atoms with van der Waals surface area (Å²) < 4.78 is 38.8. The minimum atomic E-state index is -4.65. The van der Waals surface area contributed by atoms with Crippen LogP contribution in [0.5, 0.6) is 0 Å². The van der Waals surface area contributed by atoms with Crippen molar-refractivity contribution in [3.05, 3.63) is 99.6 Å². The Kier molecular flexibility index (Phi) is 6.73. The number of anilines is 4. The molecule has 0 radical (unpaired) electrons. The van der Waals surface area contributed by atoms with Gasteiger partial charge in [-0.3, -0.25) is 10.1 Å². The molecule has 0 spiro atoms. The summed E-state index contributed by atoms with van der Waals surface area (Å²) in [6, 6.07) is 14.9. The highest BCUT2D eigenvalue weighted by molar-refractivity contribution is 6.33. The zero-order valence-corrected chi connectivity index (χ0v) is 18.4. The zero-order chi connectivity index (χ0) is 25.0. The average Bonchev–Trinajstić information content (AvgIpc) is 2.84. The summed E-state index contributed by atoms with van der Waals surface area (Å²) in [5.74, 6) is -0.240. The van der Waals surface area contributed by atoms with Crippen molar-refractivity contribution in [3.63, 3.8) is 0 Å². The quantitative estimate of drug-likeness (QED) is 0.245. The van der Waals surface area contributed by atoms with Crippen molar-refractivity contribution in [1.82, 2.24) is 19.9 Å². The molecular formula is C22H15ClF3N7O2. The molecule has 4 aromatic rings. The predicted molar refractivity (Wildman–Crippen MR) is 123 cm³/mol. The number of rotatable bonds is 7. The molecule has 0 aliphatic heterocycles. The molecule has 13 heteroatoms. The Bertz CT molecular complexity index is 1340. The maximum atomic E-state index is 12.9. The number of hydrogen-bond donors (Lipinski definition) is 1. The van der Waals surface area contributed by atoms with Crippen LogP contribution in [0, 0.1) is 10.1 Å². The van der Waals surface area contributed by atoms with Crippen molar-refractivity contribution in [1.29, 1.82) is 0 Å². The van der Waals surface area contributed by atoms with Crippen LogP contribution in [-0.4, -0.2) is 24.9 Å². The molecule has 0 bridgehead atoms. The van der Waals surface area contributed by atoms with Gasteiger partial charge in [0.1, 0.15) is 12.1 Å². The van der Waals surface area contributed by atoms with Gasteiger partial charge in [-0.2, -0.15) is 13.2 Å². The molecule has 0 aliphatic rings. The molecule has 1 N–H and O–H groups in total. The first-order valence-corrected chi connectivity index (χ1v) is 10.3. The Morgan fingerprint density at radius 3 is 2.37 bits per heavy atom. The number of hydrogen-bond acceptors (Lipinski definition) is 8. The maximum Gasteiger partial charge on any atom is 0.417 e. The number of nitrogens with zero attached hydrogens (tertiary/aromatic N) is 6. The van der Waals surface area contributed by atoms with E-state index >= 15 is 0 Å². The van der Waals surface area contributed by atoms with E-state index in [0.29, 0.717) is 18.1 Å². The van der Waals surface area contributed by atoms with E-state index in [2.05, 4.69) is 25.3 Å². The number of halogens is 4. The van der Waals surface area contributed by atoms with Gasteiger partial charge in [0.05, 0.1) is 22.1 Å². The van der Waals surface area contributed by atoms with Crippen molar-refractivity contribution in [2.45, 2.75) is 12.7 Å². The van der Waals surface area contributed by atoms with Gasteiger partial charge in [0.2, 0.25) is 11.6 Å². The number of aromatic nitrogens is 4. The first-order valence-electron chi connectivity index (χ1n) is 9.95. The lowest BCUT2D eigenvalue weighted by Gasteiger charge is -2.23. The van der Waals surface area contributed by atoms with E-state index in [0.717, 1.165) is 11.9 Å². The molecule has 9 nitrogen and oxygen atoms in total. The summed E-state index contributed by atoms with van der Waals surface area (Å²) in [6.45, 7) is 0.189. The number of nitrogens with one attached hydrogen (secondary N) is 1. The molecule has 0 saturated carbocycles. The largest absolute Gasteiger partial charge is 0.417 e. The molecule has 35 heavy (non-hydrogen) atoms. The maximum absolute atomic E-state index is 12.9. The molecule has 0 amide bonds. The normalized spacial score (nSPS) is 11.2. The van der Waals surface area contributed by atoms with Crippen LogP contribution in [0.2, 0.25) is 5.02 Å². The average molecular weight is 502 g/mol. The van der Waals surface area contributed by atoms with E-state index in [-0.39, 0.29) is 29.0 Å². The number of alkyl halides is 3. The molecule has 3 heterocycles. The first-order chi connectivity index (χ1) is 16.7. The second kappa shape index (κ2) is 9.89. The van der Waals surface area contributed by atoms with Crippen LogP contribution >= 0.6 is 11.6 Å². The summed E-state index contributed by atoms with van der Waals surface area (Å²) in [7, 11) is 0. The second-order valence-electron chi connectivity index (χ2n) is 7.09. The van der Waals surface area contributed by atoms with Gasteiger partial charge in [0.25, 0.3) is 0 Å². The minimum Gasteiger partial charge on any atom is -0.318 e. The van der Waals surface area contributed by atoms with Crippen molar-refractivity contribution in [2.75, 3.05) is 10.2 Å². The van der Waals surface area contributed by atoms with Gasteiger partial charge in [-0.1, -0.05) is 48.0 Å². The van der Waals surface area contributed by atoms with Crippen molar-refractivity contribution in [3.8, 4) is 0 Å². The Morgan fingerprint density at radius 1 is 1.00 bits per heavy atom. The molecule has 3 aromatic heterocycles. The van der Waals surface area contributed by atoms with Crippen LogP contribution in [0.1, 0.15) is 11.1 Å². The zero-order valence-electron chi connectivity index (χ0n) is 17.6. The molecule has 0 unspecified atom stereocenters. The number of benzene rings is 1. The highest BCUT2D eigenvalue weighted by Crippen LogP contribution is 2.39. The first kappa shape index (κ1) is 23.8. The molecule has 4 rings (SSSR count). The lowest BCUT2D eigenvalue weighted by Crippen LogP contribution is -2.21. The second-order valence-corrected chi connectivity index (χ2v) is 7.50. The minimum absolute atomic E-state index is 0.0851. The van der Waals surface area contributed by atoms with Crippen LogP contribution in [0.4, 0.5) is 42.1 Å². The fourth-order valence-corrected chi connectivity index (χ4v) is 3.38. The molecule has 0 saturated heterocycles. The monoisotopic (exact) mass is 501 g/mol. The highest BCUT2D eigenvalue weighted by atomic mass is 35.5.